The summed E-state index contributed by atoms with van der Waals surface area (Å²) in [6.45, 7) is 4.10. The summed E-state index contributed by atoms with van der Waals surface area (Å²) in [6.07, 6.45) is 0. The summed E-state index contributed by atoms with van der Waals surface area (Å²) in [5, 5.41) is 11.4. The van der Waals surface area contributed by atoms with E-state index in [1.54, 1.807) is 11.3 Å². The summed E-state index contributed by atoms with van der Waals surface area (Å²) in [4.78, 5) is 5.45. The fourth-order valence-electron chi connectivity index (χ4n) is 2.48. The predicted molar refractivity (Wildman–Crippen MR) is 99.3 cm³/mol. The third-order valence-electron chi connectivity index (χ3n) is 3.66. The number of rotatable bonds is 2. The highest BCUT2D eigenvalue weighted by Gasteiger charge is 2.15. The van der Waals surface area contributed by atoms with Crippen molar-refractivity contribution in [2.75, 3.05) is 5.73 Å². The molecule has 0 atom stereocenters. The number of halogens is 1. The fourth-order valence-corrected chi connectivity index (χ4v) is 3.93. The molecule has 2 aromatic heterocycles. The van der Waals surface area contributed by atoms with Crippen molar-refractivity contribution in [1.82, 2.24) is 4.98 Å². The van der Waals surface area contributed by atoms with Crippen LogP contribution in [0.3, 0.4) is 0 Å². The molecule has 1 aromatic carbocycles. The van der Waals surface area contributed by atoms with E-state index in [9.17, 15) is 5.26 Å². The molecule has 0 fully saturated rings. The molecule has 2 N–H and O–H groups in total. The molecule has 0 aliphatic carbocycles. The van der Waals surface area contributed by atoms with Gasteiger partial charge in [0.2, 0.25) is 0 Å². The zero-order valence-electron chi connectivity index (χ0n) is 12.7. The maximum atomic E-state index is 9.45. The number of nitriles is 1. The third-order valence-corrected chi connectivity index (χ3v) is 5.39. The number of hydrogen-bond donors (Lipinski definition) is 1. The average molecular weight is 384 g/mol. The summed E-state index contributed by atoms with van der Waals surface area (Å²) in [6, 6.07) is 12.4. The highest BCUT2D eigenvalue weighted by Crippen LogP contribution is 2.36. The number of benzene rings is 1. The zero-order valence-corrected chi connectivity index (χ0v) is 15.1. The lowest BCUT2D eigenvalue weighted by Gasteiger charge is -2.11. The SMILES string of the molecule is Cc1ccc(C)c(-c2cc(-c3cc(Br)cs3)c(C#N)c(N)n2)c1. The van der Waals surface area contributed by atoms with Crippen LogP contribution in [0, 0.1) is 25.2 Å². The number of nitrogens with zero attached hydrogens (tertiary/aromatic N) is 2. The van der Waals surface area contributed by atoms with Gasteiger partial charge in [-0.1, -0.05) is 17.7 Å². The van der Waals surface area contributed by atoms with E-state index in [1.807, 2.05) is 31.4 Å². The highest BCUT2D eigenvalue weighted by atomic mass is 79.9. The van der Waals surface area contributed by atoms with Crippen molar-refractivity contribution in [3.63, 3.8) is 0 Å². The molecule has 3 nitrogen and oxygen atoms in total. The minimum absolute atomic E-state index is 0.269. The van der Waals surface area contributed by atoms with E-state index in [2.05, 4.69) is 45.2 Å². The van der Waals surface area contributed by atoms with Gasteiger partial charge in [0.25, 0.3) is 0 Å². The van der Waals surface area contributed by atoms with Crippen LogP contribution >= 0.6 is 27.3 Å². The molecule has 0 aliphatic rings. The molecule has 0 aliphatic heterocycles. The summed E-state index contributed by atoms with van der Waals surface area (Å²) < 4.78 is 0.991. The van der Waals surface area contributed by atoms with Crippen LogP contribution in [0.15, 0.2) is 40.2 Å². The second kappa shape index (κ2) is 6.15. The van der Waals surface area contributed by atoms with E-state index in [0.29, 0.717) is 5.56 Å². The first-order chi connectivity index (χ1) is 11.0. The maximum absolute atomic E-state index is 9.45. The molecule has 3 rings (SSSR count). The van der Waals surface area contributed by atoms with Crippen molar-refractivity contribution in [3.05, 3.63) is 56.9 Å². The van der Waals surface area contributed by atoms with Gasteiger partial charge >= 0.3 is 0 Å². The molecule has 114 valence electrons. The Morgan fingerprint density at radius 1 is 1.17 bits per heavy atom. The van der Waals surface area contributed by atoms with Crippen LogP contribution in [0.5, 0.6) is 0 Å². The van der Waals surface area contributed by atoms with E-state index < -0.39 is 0 Å². The second-order valence-corrected chi connectivity index (χ2v) is 7.20. The minimum Gasteiger partial charge on any atom is -0.383 e. The number of aromatic nitrogens is 1. The molecule has 0 saturated carbocycles. The average Bonchev–Trinajstić information content (AvgIpc) is 2.95. The van der Waals surface area contributed by atoms with Crippen LogP contribution in [-0.4, -0.2) is 4.98 Å². The molecule has 5 heteroatoms. The van der Waals surface area contributed by atoms with Crippen molar-refractivity contribution in [2.24, 2.45) is 0 Å². The van der Waals surface area contributed by atoms with Gasteiger partial charge in [0.1, 0.15) is 17.5 Å². The van der Waals surface area contributed by atoms with Gasteiger partial charge in [-0.05, 0) is 53.5 Å². The van der Waals surface area contributed by atoms with E-state index >= 15 is 0 Å². The Morgan fingerprint density at radius 2 is 1.96 bits per heavy atom. The van der Waals surface area contributed by atoms with Gasteiger partial charge in [-0.25, -0.2) is 4.98 Å². The largest absolute Gasteiger partial charge is 0.383 e. The van der Waals surface area contributed by atoms with E-state index in [4.69, 9.17) is 5.73 Å². The van der Waals surface area contributed by atoms with Gasteiger partial charge in [-0.15, -0.1) is 11.3 Å². The summed E-state index contributed by atoms with van der Waals surface area (Å²) in [5.74, 6) is 0.269. The molecule has 0 saturated heterocycles. The van der Waals surface area contributed by atoms with Crippen LogP contribution in [0.25, 0.3) is 21.7 Å². The molecule has 0 bridgehead atoms. The number of hydrogen-bond acceptors (Lipinski definition) is 4. The molecular weight excluding hydrogens is 370 g/mol. The first kappa shape index (κ1) is 15.7. The lowest BCUT2D eigenvalue weighted by molar-refractivity contribution is 1.29. The number of anilines is 1. The first-order valence-electron chi connectivity index (χ1n) is 7.02. The first-order valence-corrected chi connectivity index (χ1v) is 8.69. The second-order valence-electron chi connectivity index (χ2n) is 5.37. The molecule has 0 amide bonds. The number of nitrogen functional groups attached to an aromatic ring is 1. The smallest absolute Gasteiger partial charge is 0.142 e. The van der Waals surface area contributed by atoms with Gasteiger partial charge in [0.05, 0.1) is 5.69 Å². The van der Waals surface area contributed by atoms with Crippen molar-refractivity contribution >= 4 is 33.1 Å². The third kappa shape index (κ3) is 3.00. The van der Waals surface area contributed by atoms with Crippen LogP contribution in [0.2, 0.25) is 0 Å². The van der Waals surface area contributed by atoms with Gasteiger partial charge in [-0.3, -0.25) is 0 Å². The lowest BCUT2D eigenvalue weighted by atomic mass is 9.99. The van der Waals surface area contributed by atoms with Crippen molar-refractivity contribution < 1.29 is 0 Å². The normalized spacial score (nSPS) is 10.5. The molecule has 23 heavy (non-hydrogen) atoms. The minimum atomic E-state index is 0.269. The lowest BCUT2D eigenvalue weighted by Crippen LogP contribution is -2.00. The Bertz CT molecular complexity index is 938. The molecule has 3 aromatic rings. The van der Waals surface area contributed by atoms with Crippen LogP contribution in [0.4, 0.5) is 5.82 Å². The van der Waals surface area contributed by atoms with Gasteiger partial charge < -0.3 is 5.73 Å². The standard InChI is InChI=1S/C18H14BrN3S/c1-10-3-4-11(2)13(5-10)16-7-14(15(8-20)18(21)22-16)17-6-12(19)9-23-17/h3-7,9H,1-2H3,(H2,21,22). The van der Waals surface area contributed by atoms with Crippen molar-refractivity contribution in [2.45, 2.75) is 13.8 Å². The number of nitrogens with two attached hydrogens (primary N) is 1. The summed E-state index contributed by atoms with van der Waals surface area (Å²) in [5.41, 5.74) is 11.4. The Labute approximate surface area is 147 Å². The number of pyridine rings is 1. The van der Waals surface area contributed by atoms with Crippen LogP contribution in [-0.2, 0) is 0 Å². The molecule has 0 radical (unpaired) electrons. The summed E-state index contributed by atoms with van der Waals surface area (Å²) >= 11 is 5.03. The number of aryl methyl sites for hydroxylation is 2. The quantitative estimate of drug-likeness (QED) is 0.651. The molecular formula is C18H14BrN3S. The van der Waals surface area contributed by atoms with E-state index in [0.717, 1.165) is 37.3 Å². The Hall–Kier alpha value is -2.16. The number of thiophene rings is 1. The van der Waals surface area contributed by atoms with Crippen molar-refractivity contribution in [1.29, 1.82) is 5.26 Å². The fraction of sp³-hybridized carbons (Fsp3) is 0.111. The Morgan fingerprint density at radius 3 is 2.61 bits per heavy atom. The predicted octanol–water partition coefficient (Wildman–Crippen LogP) is 5.31. The zero-order chi connectivity index (χ0) is 16.6. The molecule has 2 heterocycles. The van der Waals surface area contributed by atoms with Crippen LogP contribution in [0.1, 0.15) is 16.7 Å². The van der Waals surface area contributed by atoms with Gasteiger partial charge in [0, 0.05) is 25.9 Å². The molecule has 0 spiro atoms. The molecule has 0 unspecified atom stereocenters. The highest BCUT2D eigenvalue weighted by molar-refractivity contribution is 9.10. The van der Waals surface area contributed by atoms with Crippen LogP contribution < -0.4 is 5.73 Å². The van der Waals surface area contributed by atoms with E-state index in [-0.39, 0.29) is 5.82 Å². The van der Waals surface area contributed by atoms with Gasteiger partial charge in [0.15, 0.2) is 0 Å². The topological polar surface area (TPSA) is 62.7 Å². The summed E-state index contributed by atoms with van der Waals surface area (Å²) in [7, 11) is 0. The van der Waals surface area contributed by atoms with Gasteiger partial charge in [-0.2, -0.15) is 5.26 Å². The van der Waals surface area contributed by atoms with Crippen molar-refractivity contribution in [3.8, 4) is 27.8 Å². The monoisotopic (exact) mass is 383 g/mol. The van der Waals surface area contributed by atoms with E-state index in [1.165, 1.54) is 0 Å². The maximum Gasteiger partial charge on any atom is 0.142 e. The Balaban J connectivity index is 2.27. The Kier molecular flexibility index (Phi) is 4.20.